The molecule has 0 radical (unpaired) electrons. The maximum absolute atomic E-state index is 13.3. The summed E-state index contributed by atoms with van der Waals surface area (Å²) in [7, 11) is 1.28. The Balaban J connectivity index is 3.37. The van der Waals surface area contributed by atoms with E-state index in [0.717, 1.165) is 12.1 Å². The van der Waals surface area contributed by atoms with Gasteiger partial charge in [-0.05, 0) is 12.1 Å². The topological polar surface area (TPSA) is 78.4 Å². The fraction of sp³-hybridized carbons (Fsp3) is 0.333. The lowest BCUT2D eigenvalue weighted by atomic mass is 10.1. The SMILES string of the molecule is COc1ccc([N+](=O)[O-])c(C(F)(F)CN)c1. The molecule has 0 aliphatic carbocycles. The first-order valence-corrected chi connectivity index (χ1v) is 4.33. The van der Waals surface area contributed by atoms with Crippen molar-refractivity contribution < 1.29 is 18.4 Å². The van der Waals surface area contributed by atoms with Crippen LogP contribution in [0.2, 0.25) is 0 Å². The molecule has 0 heterocycles. The number of methoxy groups -OCH3 is 1. The van der Waals surface area contributed by atoms with Crippen LogP contribution >= 0.6 is 0 Å². The van der Waals surface area contributed by atoms with Crippen LogP contribution in [-0.4, -0.2) is 18.6 Å². The minimum atomic E-state index is -3.45. The fourth-order valence-electron chi connectivity index (χ4n) is 1.20. The van der Waals surface area contributed by atoms with E-state index in [2.05, 4.69) is 0 Å². The molecule has 0 saturated carbocycles. The van der Waals surface area contributed by atoms with E-state index < -0.39 is 28.6 Å². The summed E-state index contributed by atoms with van der Waals surface area (Å²) in [5.74, 6) is -3.33. The van der Waals surface area contributed by atoms with E-state index in [1.54, 1.807) is 0 Å². The second-order valence-corrected chi connectivity index (χ2v) is 3.05. The lowest BCUT2D eigenvalue weighted by Crippen LogP contribution is -2.26. The summed E-state index contributed by atoms with van der Waals surface area (Å²) in [6, 6.07) is 3.14. The minimum absolute atomic E-state index is 0.119. The molecule has 0 aliphatic rings. The van der Waals surface area contributed by atoms with Crippen LogP contribution in [0.3, 0.4) is 0 Å². The maximum Gasteiger partial charge on any atom is 0.291 e. The van der Waals surface area contributed by atoms with E-state index in [4.69, 9.17) is 10.5 Å². The molecule has 0 bridgehead atoms. The molecule has 1 aromatic carbocycles. The molecule has 1 aromatic rings. The maximum atomic E-state index is 13.3. The lowest BCUT2D eigenvalue weighted by Gasteiger charge is -2.14. The Kier molecular flexibility index (Phi) is 3.38. The van der Waals surface area contributed by atoms with Gasteiger partial charge >= 0.3 is 0 Å². The number of rotatable bonds is 4. The van der Waals surface area contributed by atoms with Crippen molar-refractivity contribution in [2.45, 2.75) is 5.92 Å². The highest BCUT2D eigenvalue weighted by Crippen LogP contribution is 2.36. The normalized spacial score (nSPS) is 11.2. The highest BCUT2D eigenvalue weighted by molar-refractivity contribution is 5.47. The predicted octanol–water partition coefficient (Wildman–Crippen LogP) is 1.65. The van der Waals surface area contributed by atoms with Gasteiger partial charge in [-0.15, -0.1) is 0 Å². The van der Waals surface area contributed by atoms with E-state index in [1.165, 1.54) is 13.2 Å². The predicted molar refractivity (Wildman–Crippen MR) is 52.6 cm³/mol. The Morgan fingerprint density at radius 1 is 1.56 bits per heavy atom. The van der Waals surface area contributed by atoms with Crippen molar-refractivity contribution in [3.63, 3.8) is 0 Å². The van der Waals surface area contributed by atoms with Crippen molar-refractivity contribution >= 4 is 5.69 Å². The summed E-state index contributed by atoms with van der Waals surface area (Å²) in [5.41, 5.74) is 3.48. The summed E-state index contributed by atoms with van der Waals surface area (Å²) in [5, 5.41) is 10.6. The number of nitro groups is 1. The Morgan fingerprint density at radius 3 is 2.62 bits per heavy atom. The van der Waals surface area contributed by atoms with Crippen LogP contribution in [0.25, 0.3) is 0 Å². The number of alkyl halides is 2. The molecule has 0 spiro atoms. The van der Waals surface area contributed by atoms with Crippen LogP contribution in [0.15, 0.2) is 18.2 Å². The van der Waals surface area contributed by atoms with E-state index in [1.807, 2.05) is 0 Å². The smallest absolute Gasteiger partial charge is 0.291 e. The van der Waals surface area contributed by atoms with Crippen molar-refractivity contribution in [3.8, 4) is 5.75 Å². The fourth-order valence-corrected chi connectivity index (χ4v) is 1.20. The molecular weight excluding hydrogens is 222 g/mol. The molecule has 0 aliphatic heterocycles. The number of hydrogen-bond acceptors (Lipinski definition) is 4. The third-order valence-electron chi connectivity index (χ3n) is 2.05. The van der Waals surface area contributed by atoms with Gasteiger partial charge in [0, 0.05) is 6.07 Å². The second-order valence-electron chi connectivity index (χ2n) is 3.05. The number of nitro benzene ring substituents is 1. The van der Waals surface area contributed by atoms with Crippen molar-refractivity contribution in [1.29, 1.82) is 0 Å². The Labute approximate surface area is 90.0 Å². The Bertz CT molecular complexity index is 410. The van der Waals surface area contributed by atoms with Gasteiger partial charge < -0.3 is 10.5 Å². The van der Waals surface area contributed by atoms with Gasteiger partial charge in [0.1, 0.15) is 11.3 Å². The lowest BCUT2D eigenvalue weighted by molar-refractivity contribution is -0.387. The Morgan fingerprint density at radius 2 is 2.19 bits per heavy atom. The largest absolute Gasteiger partial charge is 0.497 e. The number of halogens is 2. The summed E-state index contributed by atoms with van der Waals surface area (Å²) in [6.07, 6.45) is 0. The minimum Gasteiger partial charge on any atom is -0.497 e. The van der Waals surface area contributed by atoms with Gasteiger partial charge in [-0.3, -0.25) is 10.1 Å². The molecule has 16 heavy (non-hydrogen) atoms. The average molecular weight is 232 g/mol. The van der Waals surface area contributed by atoms with Gasteiger partial charge in [0.25, 0.3) is 11.6 Å². The molecule has 5 nitrogen and oxygen atoms in total. The van der Waals surface area contributed by atoms with Gasteiger partial charge in [0.05, 0.1) is 18.6 Å². The van der Waals surface area contributed by atoms with Crippen LogP contribution in [0.1, 0.15) is 5.56 Å². The van der Waals surface area contributed by atoms with Crippen LogP contribution in [-0.2, 0) is 5.92 Å². The van der Waals surface area contributed by atoms with Crippen molar-refractivity contribution in [3.05, 3.63) is 33.9 Å². The summed E-state index contributed by atoms with van der Waals surface area (Å²) >= 11 is 0. The molecule has 0 aromatic heterocycles. The first-order chi connectivity index (χ1) is 7.42. The quantitative estimate of drug-likeness (QED) is 0.632. The third-order valence-corrected chi connectivity index (χ3v) is 2.05. The van der Waals surface area contributed by atoms with Crippen LogP contribution in [0.5, 0.6) is 5.75 Å². The summed E-state index contributed by atoms with van der Waals surface area (Å²) in [4.78, 5) is 9.70. The first kappa shape index (κ1) is 12.3. The first-order valence-electron chi connectivity index (χ1n) is 4.33. The molecule has 88 valence electrons. The number of nitrogens with zero attached hydrogens (tertiary/aromatic N) is 1. The number of ether oxygens (including phenoxy) is 1. The van der Waals surface area contributed by atoms with Crippen LogP contribution in [0.4, 0.5) is 14.5 Å². The van der Waals surface area contributed by atoms with E-state index in [0.29, 0.717) is 0 Å². The zero-order chi connectivity index (χ0) is 12.3. The van der Waals surface area contributed by atoms with Gasteiger partial charge in [-0.2, -0.15) is 8.78 Å². The highest BCUT2D eigenvalue weighted by Gasteiger charge is 2.37. The van der Waals surface area contributed by atoms with Gasteiger partial charge in [0.2, 0.25) is 0 Å². The molecule has 0 unspecified atom stereocenters. The molecule has 0 fully saturated rings. The van der Waals surface area contributed by atoms with Crippen LogP contribution in [0, 0.1) is 10.1 Å². The monoisotopic (exact) mass is 232 g/mol. The highest BCUT2D eigenvalue weighted by atomic mass is 19.3. The standard InChI is InChI=1S/C9H10F2N2O3/c1-16-6-2-3-8(13(14)15)7(4-6)9(10,11)5-12/h2-4H,5,12H2,1H3. The van der Waals surface area contributed by atoms with E-state index >= 15 is 0 Å². The molecule has 0 saturated heterocycles. The molecule has 2 N–H and O–H groups in total. The molecule has 0 amide bonds. The zero-order valence-corrected chi connectivity index (χ0v) is 8.44. The van der Waals surface area contributed by atoms with E-state index in [9.17, 15) is 18.9 Å². The molecule has 7 heteroatoms. The number of hydrogen-bond donors (Lipinski definition) is 1. The number of nitrogens with two attached hydrogens (primary N) is 1. The Hall–Kier alpha value is -1.76. The zero-order valence-electron chi connectivity index (χ0n) is 8.44. The third kappa shape index (κ3) is 2.25. The summed E-state index contributed by atoms with van der Waals surface area (Å²) < 4.78 is 31.4. The molecule has 1 rings (SSSR count). The van der Waals surface area contributed by atoms with E-state index in [-0.39, 0.29) is 5.75 Å². The molecule has 0 atom stereocenters. The summed E-state index contributed by atoms with van der Waals surface area (Å²) in [6.45, 7) is -0.999. The van der Waals surface area contributed by atoms with Crippen molar-refractivity contribution in [2.24, 2.45) is 5.73 Å². The van der Waals surface area contributed by atoms with Gasteiger partial charge in [0.15, 0.2) is 0 Å². The van der Waals surface area contributed by atoms with Crippen LogP contribution < -0.4 is 10.5 Å². The van der Waals surface area contributed by atoms with Crippen molar-refractivity contribution in [1.82, 2.24) is 0 Å². The second kappa shape index (κ2) is 4.40. The van der Waals surface area contributed by atoms with Gasteiger partial charge in [-0.25, -0.2) is 0 Å². The molecular formula is C9H10F2N2O3. The van der Waals surface area contributed by atoms with Gasteiger partial charge in [-0.1, -0.05) is 0 Å². The number of benzene rings is 1. The average Bonchev–Trinajstić information content (AvgIpc) is 2.28. The van der Waals surface area contributed by atoms with Crippen molar-refractivity contribution in [2.75, 3.05) is 13.7 Å².